The number of pyridine rings is 2. The Bertz CT molecular complexity index is 803. The van der Waals surface area contributed by atoms with Crippen LogP contribution in [0.15, 0.2) is 29.4 Å². The predicted octanol–water partition coefficient (Wildman–Crippen LogP) is 2.90. The minimum Gasteiger partial charge on any atom is -0.336 e. The molecule has 0 unspecified atom stereocenters. The zero-order chi connectivity index (χ0) is 15.7. The first-order valence-corrected chi connectivity index (χ1v) is 7.10. The molecule has 0 amide bonds. The Balaban J connectivity index is 2.34. The van der Waals surface area contributed by atoms with Gasteiger partial charge in [0.25, 0.3) is 0 Å². The van der Waals surface area contributed by atoms with Gasteiger partial charge in [0.15, 0.2) is 11.7 Å². The van der Waals surface area contributed by atoms with E-state index < -0.39 is 0 Å². The minimum atomic E-state index is 0.497. The molecule has 0 atom stereocenters. The van der Waals surface area contributed by atoms with Crippen LogP contribution >= 0.6 is 0 Å². The van der Waals surface area contributed by atoms with E-state index in [-0.39, 0.29) is 0 Å². The Kier molecular flexibility index (Phi) is 3.47. The second-order valence-corrected chi connectivity index (χ2v) is 5.08. The van der Waals surface area contributed by atoms with Crippen molar-refractivity contribution < 1.29 is 0 Å². The van der Waals surface area contributed by atoms with E-state index in [1.807, 2.05) is 50.1 Å². The highest BCUT2D eigenvalue weighted by Gasteiger charge is 2.26. The smallest absolute Gasteiger partial charge is 0.207 e. The molecule has 6 nitrogen and oxygen atoms in total. The Morgan fingerprint density at radius 3 is 2.91 bits per heavy atom. The Morgan fingerprint density at radius 1 is 1.36 bits per heavy atom. The number of hydrogen-bond donors (Lipinski definition) is 1. The van der Waals surface area contributed by atoms with Gasteiger partial charge in [0.05, 0.1) is 11.3 Å². The number of aryl methyl sites for hydroxylation is 2. The molecule has 0 saturated heterocycles. The monoisotopic (exact) mass is 292 g/mol. The highest BCUT2D eigenvalue weighted by Crippen LogP contribution is 2.37. The molecule has 6 heteroatoms. The zero-order valence-electron chi connectivity index (χ0n) is 12.8. The third-order valence-electron chi connectivity index (χ3n) is 3.60. The summed E-state index contributed by atoms with van der Waals surface area (Å²) in [6.07, 6.45) is 3.59. The lowest BCUT2D eigenvalue weighted by Crippen LogP contribution is -2.20. The van der Waals surface area contributed by atoms with Crippen LogP contribution in [0.5, 0.6) is 0 Å². The Morgan fingerprint density at radius 2 is 2.18 bits per heavy atom. The molecule has 0 spiro atoms. The van der Waals surface area contributed by atoms with Crippen molar-refractivity contribution in [3.8, 4) is 6.19 Å². The van der Waals surface area contributed by atoms with Crippen LogP contribution in [-0.2, 0) is 0 Å². The van der Waals surface area contributed by atoms with Gasteiger partial charge in [-0.2, -0.15) is 10.3 Å². The fraction of sp³-hybridized carbons (Fsp3) is 0.250. The van der Waals surface area contributed by atoms with Crippen molar-refractivity contribution in [2.75, 3.05) is 16.8 Å². The number of rotatable bonds is 1. The van der Waals surface area contributed by atoms with Crippen molar-refractivity contribution >= 4 is 23.2 Å². The average molecular weight is 292 g/mol. The third-order valence-corrected chi connectivity index (χ3v) is 3.60. The van der Waals surface area contributed by atoms with Crippen LogP contribution in [0.1, 0.15) is 23.7 Å². The summed E-state index contributed by atoms with van der Waals surface area (Å²) >= 11 is 0. The van der Waals surface area contributed by atoms with E-state index in [0.717, 1.165) is 34.1 Å². The average Bonchev–Trinajstić information content (AvgIpc) is 2.63. The van der Waals surface area contributed by atoms with Gasteiger partial charge in [-0.15, -0.1) is 0 Å². The Hall–Kier alpha value is -2.94. The van der Waals surface area contributed by atoms with Gasteiger partial charge in [-0.05, 0) is 44.5 Å². The molecule has 1 N–H and O–H groups in total. The van der Waals surface area contributed by atoms with Gasteiger partial charge in [0.1, 0.15) is 5.82 Å². The van der Waals surface area contributed by atoms with Gasteiger partial charge in [-0.3, -0.25) is 0 Å². The second-order valence-electron chi connectivity index (χ2n) is 5.08. The number of aliphatic imine (C=N–C) groups is 1. The molecule has 2 aromatic rings. The Labute approximate surface area is 129 Å². The number of nitriles is 1. The van der Waals surface area contributed by atoms with Crippen LogP contribution in [0.4, 0.5) is 17.3 Å². The summed E-state index contributed by atoms with van der Waals surface area (Å²) in [5.41, 5.74) is 3.65. The minimum absolute atomic E-state index is 0.497. The number of nitrogens with zero attached hydrogens (tertiary/aromatic N) is 5. The van der Waals surface area contributed by atoms with E-state index in [9.17, 15) is 0 Å². The number of amidine groups is 1. The maximum atomic E-state index is 8.99. The van der Waals surface area contributed by atoms with Crippen molar-refractivity contribution in [2.24, 2.45) is 4.99 Å². The lowest BCUT2D eigenvalue weighted by atomic mass is 10.2. The molecular weight excluding hydrogens is 276 g/mol. The SMILES string of the molecule is CCN1c2ncccc2/C(=N\C#N)Nc2c(C)cc(C)nc21. The molecule has 0 radical (unpaired) electrons. The summed E-state index contributed by atoms with van der Waals surface area (Å²) in [6.45, 7) is 6.75. The molecule has 0 saturated carbocycles. The first-order chi connectivity index (χ1) is 10.7. The first kappa shape index (κ1) is 14.0. The van der Waals surface area contributed by atoms with Crippen LogP contribution in [0.25, 0.3) is 0 Å². The summed E-state index contributed by atoms with van der Waals surface area (Å²) in [4.78, 5) is 15.1. The van der Waals surface area contributed by atoms with E-state index in [1.54, 1.807) is 6.20 Å². The van der Waals surface area contributed by atoms with Crippen molar-refractivity contribution in [2.45, 2.75) is 20.8 Å². The third kappa shape index (κ3) is 2.17. The van der Waals surface area contributed by atoms with Crippen LogP contribution < -0.4 is 10.2 Å². The first-order valence-electron chi connectivity index (χ1n) is 7.10. The van der Waals surface area contributed by atoms with E-state index >= 15 is 0 Å². The number of anilines is 3. The summed E-state index contributed by atoms with van der Waals surface area (Å²) < 4.78 is 0. The largest absolute Gasteiger partial charge is 0.336 e. The summed E-state index contributed by atoms with van der Waals surface area (Å²) in [5, 5.41) is 12.3. The highest BCUT2D eigenvalue weighted by atomic mass is 15.3. The highest BCUT2D eigenvalue weighted by molar-refractivity contribution is 6.15. The molecule has 3 heterocycles. The maximum Gasteiger partial charge on any atom is 0.207 e. The van der Waals surface area contributed by atoms with E-state index in [4.69, 9.17) is 5.26 Å². The van der Waals surface area contributed by atoms with E-state index in [1.165, 1.54) is 0 Å². The van der Waals surface area contributed by atoms with Crippen LogP contribution in [-0.4, -0.2) is 22.3 Å². The van der Waals surface area contributed by atoms with E-state index in [0.29, 0.717) is 12.4 Å². The van der Waals surface area contributed by atoms with Crippen LogP contribution in [0, 0.1) is 25.3 Å². The number of fused-ring (bicyclic) bond motifs is 2. The molecular formula is C16H16N6. The van der Waals surface area contributed by atoms with Gasteiger partial charge in [0, 0.05) is 18.4 Å². The molecule has 0 aromatic carbocycles. The standard InChI is InChI=1S/C16H16N6/c1-4-22-15-12(6-5-7-18-15)14(19-9-17)21-13-10(2)8-11(3)20-16(13)22/h5-8H,4H2,1-3H3,(H,19,21). The van der Waals surface area contributed by atoms with Gasteiger partial charge >= 0.3 is 0 Å². The molecule has 0 bridgehead atoms. The van der Waals surface area contributed by atoms with Crippen molar-refractivity contribution in [1.29, 1.82) is 5.26 Å². The predicted molar refractivity (Wildman–Crippen MR) is 86.4 cm³/mol. The topological polar surface area (TPSA) is 77.2 Å². The number of hydrogen-bond acceptors (Lipinski definition) is 5. The normalized spacial score (nSPS) is 14.6. The van der Waals surface area contributed by atoms with Crippen molar-refractivity contribution in [3.05, 3.63) is 41.2 Å². The maximum absolute atomic E-state index is 8.99. The molecule has 1 aliphatic rings. The summed E-state index contributed by atoms with van der Waals surface area (Å²) in [6, 6.07) is 5.75. The number of nitrogens with one attached hydrogen (secondary N) is 1. The van der Waals surface area contributed by atoms with Gasteiger partial charge < -0.3 is 10.2 Å². The summed E-state index contributed by atoms with van der Waals surface area (Å²) in [7, 11) is 0. The second kappa shape index (κ2) is 5.45. The zero-order valence-corrected chi connectivity index (χ0v) is 12.8. The lowest BCUT2D eigenvalue weighted by Gasteiger charge is -2.23. The molecule has 0 aliphatic carbocycles. The fourth-order valence-corrected chi connectivity index (χ4v) is 2.69. The van der Waals surface area contributed by atoms with E-state index in [2.05, 4.69) is 20.3 Å². The quantitative estimate of drug-likeness (QED) is 0.818. The fourth-order valence-electron chi connectivity index (χ4n) is 2.69. The lowest BCUT2D eigenvalue weighted by molar-refractivity contribution is 0.954. The van der Waals surface area contributed by atoms with Crippen molar-refractivity contribution in [1.82, 2.24) is 9.97 Å². The molecule has 1 aliphatic heterocycles. The molecule has 0 fully saturated rings. The van der Waals surface area contributed by atoms with Crippen molar-refractivity contribution in [3.63, 3.8) is 0 Å². The number of aromatic nitrogens is 2. The van der Waals surface area contributed by atoms with Gasteiger partial charge in [0.2, 0.25) is 6.19 Å². The van der Waals surface area contributed by atoms with Gasteiger partial charge in [-0.25, -0.2) is 9.97 Å². The molecule has 22 heavy (non-hydrogen) atoms. The van der Waals surface area contributed by atoms with Crippen LogP contribution in [0.3, 0.4) is 0 Å². The van der Waals surface area contributed by atoms with Gasteiger partial charge in [-0.1, -0.05) is 0 Å². The molecule has 110 valence electrons. The van der Waals surface area contributed by atoms with Crippen LogP contribution in [0.2, 0.25) is 0 Å². The molecule has 3 rings (SSSR count). The summed E-state index contributed by atoms with van der Waals surface area (Å²) in [5.74, 6) is 2.06. The molecule has 2 aromatic heterocycles.